The average molecular weight is 193 g/mol. The quantitative estimate of drug-likeness (QED) is 0.560. The molecule has 0 fully saturated rings. The summed E-state index contributed by atoms with van der Waals surface area (Å²) in [4.78, 5) is 5.18. The van der Waals surface area contributed by atoms with Crippen molar-refractivity contribution >= 4 is 16.1 Å². The van der Waals surface area contributed by atoms with E-state index in [2.05, 4.69) is 11.2 Å². The monoisotopic (exact) mass is 193 g/mol. The Morgan fingerprint density at radius 1 is 1.46 bits per heavy atom. The summed E-state index contributed by atoms with van der Waals surface area (Å²) in [6.45, 7) is 0. The predicted octanol–water partition coefficient (Wildman–Crippen LogP) is 0.445. The predicted molar refractivity (Wildman–Crippen MR) is 54.2 cm³/mol. The van der Waals surface area contributed by atoms with Crippen molar-refractivity contribution in [2.24, 2.45) is 5.16 Å². The fourth-order valence-electron chi connectivity index (χ4n) is 1.44. The third-order valence-corrected chi connectivity index (χ3v) is 3.31. The third kappa shape index (κ3) is 1.33. The Hall–Kier alpha value is -1.29. The molecule has 0 N–H and O–H groups in total. The number of benzene rings is 1. The van der Waals surface area contributed by atoms with E-state index in [4.69, 9.17) is 9.57 Å². The molecule has 0 spiro atoms. The van der Waals surface area contributed by atoms with Crippen LogP contribution in [0.3, 0.4) is 0 Å². The zero-order valence-electron chi connectivity index (χ0n) is 7.65. The average Bonchev–Trinajstić information content (AvgIpc) is 2.19. The fraction of sp³-hybridized carbons (Fsp3) is 0.222. The van der Waals surface area contributed by atoms with Crippen LogP contribution >= 0.6 is 0 Å². The Bertz CT molecular complexity index is 351. The van der Waals surface area contributed by atoms with Crippen LogP contribution in [0.2, 0.25) is 0 Å². The van der Waals surface area contributed by atoms with Crippen LogP contribution in [0.25, 0.3) is 0 Å². The van der Waals surface area contributed by atoms with Crippen LogP contribution in [-0.2, 0) is 4.74 Å². The number of hydrogen-bond acceptors (Lipinski definition) is 3. The largest absolute Gasteiger partial charge is 0.482 e. The van der Waals surface area contributed by atoms with E-state index in [1.54, 1.807) is 7.11 Å². The first kappa shape index (κ1) is 8.31. The molecule has 1 aliphatic rings. The summed E-state index contributed by atoms with van der Waals surface area (Å²) in [5.41, 5.74) is 1.50. The third-order valence-electron chi connectivity index (χ3n) is 2.20. The van der Waals surface area contributed by atoms with Gasteiger partial charge in [0.15, 0.2) is 5.75 Å². The van der Waals surface area contributed by atoms with Gasteiger partial charge in [0.1, 0.15) is 0 Å². The van der Waals surface area contributed by atoms with Gasteiger partial charge in [-0.25, -0.2) is 0 Å². The first-order valence-corrected chi connectivity index (χ1v) is 5.36. The number of nitrogens with zero attached hydrogens (tertiary/aromatic N) is 1. The Morgan fingerprint density at radius 3 is 3.00 bits per heavy atom. The van der Waals surface area contributed by atoms with Crippen molar-refractivity contribution in [1.82, 2.24) is 0 Å². The summed E-state index contributed by atoms with van der Waals surface area (Å²) in [5.74, 6) is 1.54. The van der Waals surface area contributed by atoms with Gasteiger partial charge in [-0.15, -0.1) is 0 Å². The maximum atomic E-state index is 5.18. The van der Waals surface area contributed by atoms with Crippen LogP contribution in [0.15, 0.2) is 29.4 Å². The lowest BCUT2D eigenvalue weighted by Gasteiger charge is -2.20. The molecule has 0 aromatic heterocycles. The molecule has 3 nitrogen and oxygen atoms in total. The van der Waals surface area contributed by atoms with Crippen LogP contribution in [0, 0.1) is 0 Å². The zero-order chi connectivity index (χ0) is 9.26. The van der Waals surface area contributed by atoms with E-state index >= 15 is 0 Å². The molecule has 0 saturated heterocycles. The van der Waals surface area contributed by atoms with E-state index in [0.29, 0.717) is 11.4 Å². The molecule has 13 heavy (non-hydrogen) atoms. The molecule has 0 aliphatic carbocycles. The normalized spacial score (nSPS) is 20.1. The van der Waals surface area contributed by atoms with E-state index in [0.717, 1.165) is 16.0 Å². The maximum absolute atomic E-state index is 5.18. The molecule has 4 heteroatoms. The van der Waals surface area contributed by atoms with E-state index in [1.165, 1.54) is 5.56 Å². The van der Waals surface area contributed by atoms with Gasteiger partial charge in [-0.05, 0) is 11.2 Å². The maximum Gasteiger partial charge on any atom is 0.229 e. The lowest BCUT2D eigenvalue weighted by Crippen LogP contribution is -2.20. The number of para-hydroxylation sites is 1. The molecule has 1 heterocycles. The highest BCUT2D eigenvalue weighted by Gasteiger charge is 2.22. The summed E-state index contributed by atoms with van der Waals surface area (Å²) in [5, 5.41) is 3.90. The highest BCUT2D eigenvalue weighted by Crippen LogP contribution is 2.29. The highest BCUT2D eigenvalue weighted by atomic mass is 28.1. The molecule has 1 atom stereocenters. The van der Waals surface area contributed by atoms with Crippen molar-refractivity contribution in [2.75, 3.05) is 7.11 Å². The van der Waals surface area contributed by atoms with Crippen molar-refractivity contribution in [3.05, 3.63) is 29.8 Å². The number of oxime groups is 1. The first-order valence-electron chi connectivity index (χ1n) is 4.20. The van der Waals surface area contributed by atoms with E-state index in [-0.39, 0.29) is 0 Å². The Balaban J connectivity index is 2.41. The molecular weight excluding hydrogens is 182 g/mol. The van der Waals surface area contributed by atoms with Crippen molar-refractivity contribution < 1.29 is 9.57 Å². The summed E-state index contributed by atoms with van der Waals surface area (Å²) < 4.78 is 5.12. The molecule has 1 aliphatic heterocycles. The fourth-order valence-corrected chi connectivity index (χ4v) is 2.26. The van der Waals surface area contributed by atoms with Gasteiger partial charge in [0.2, 0.25) is 5.90 Å². The van der Waals surface area contributed by atoms with Gasteiger partial charge < -0.3 is 9.57 Å². The van der Waals surface area contributed by atoms with Crippen LogP contribution in [-0.4, -0.2) is 23.3 Å². The smallest absolute Gasteiger partial charge is 0.229 e. The van der Waals surface area contributed by atoms with E-state index in [1.807, 2.05) is 18.2 Å². The molecule has 1 aromatic carbocycles. The minimum absolute atomic E-state index is 0.315. The van der Waals surface area contributed by atoms with Gasteiger partial charge in [-0.3, -0.25) is 0 Å². The van der Waals surface area contributed by atoms with Gasteiger partial charge >= 0.3 is 0 Å². The topological polar surface area (TPSA) is 30.8 Å². The Labute approximate surface area is 79.8 Å². The molecule has 0 radical (unpaired) electrons. The second-order valence-corrected chi connectivity index (χ2v) is 4.14. The Morgan fingerprint density at radius 2 is 2.23 bits per heavy atom. The van der Waals surface area contributed by atoms with Crippen molar-refractivity contribution in [3.8, 4) is 5.75 Å². The minimum Gasteiger partial charge on any atom is -0.482 e. The minimum atomic E-state index is 0.315. The molecular formula is C9H11NO2Si. The molecule has 0 bridgehead atoms. The molecule has 0 saturated carbocycles. The lowest BCUT2D eigenvalue weighted by atomic mass is 10.1. The molecule has 1 unspecified atom stereocenters. The molecule has 0 amide bonds. The van der Waals surface area contributed by atoms with E-state index in [9.17, 15) is 0 Å². The van der Waals surface area contributed by atoms with Gasteiger partial charge in [0.05, 0.1) is 12.7 Å². The first-order chi connectivity index (χ1) is 6.33. The SMILES string of the molecule is COC1=NOc2ccccc2C1[SiH3]. The summed E-state index contributed by atoms with van der Waals surface area (Å²) >= 11 is 0. The summed E-state index contributed by atoms with van der Waals surface area (Å²) in [6.07, 6.45) is 0. The van der Waals surface area contributed by atoms with E-state index < -0.39 is 0 Å². The van der Waals surface area contributed by atoms with Crippen LogP contribution in [0.4, 0.5) is 0 Å². The number of rotatable bonds is 0. The number of fused-ring (bicyclic) bond motifs is 1. The van der Waals surface area contributed by atoms with Gasteiger partial charge in [0, 0.05) is 15.8 Å². The lowest BCUT2D eigenvalue weighted by molar-refractivity contribution is 0.285. The van der Waals surface area contributed by atoms with Crippen molar-refractivity contribution in [3.63, 3.8) is 0 Å². The van der Waals surface area contributed by atoms with Crippen molar-refractivity contribution in [2.45, 2.75) is 5.54 Å². The molecule has 1 aromatic rings. The highest BCUT2D eigenvalue weighted by molar-refractivity contribution is 6.24. The number of ether oxygens (including phenoxy) is 1. The van der Waals surface area contributed by atoms with Crippen molar-refractivity contribution in [1.29, 1.82) is 0 Å². The second-order valence-electron chi connectivity index (χ2n) is 2.98. The van der Waals surface area contributed by atoms with Gasteiger partial charge in [0.25, 0.3) is 0 Å². The number of hydrogen-bond donors (Lipinski definition) is 0. The Kier molecular flexibility index (Phi) is 2.06. The number of methoxy groups -OCH3 is 1. The zero-order valence-corrected chi connectivity index (χ0v) is 9.65. The summed E-state index contributed by atoms with van der Waals surface area (Å²) in [7, 11) is 2.61. The summed E-state index contributed by atoms with van der Waals surface area (Å²) in [6, 6.07) is 7.93. The molecule has 2 rings (SSSR count). The standard InChI is InChI=1S/C9H11NO2Si/c1-11-9-8(13)6-4-2-3-5-7(6)12-10-9/h2-5,8H,1,13H3. The van der Waals surface area contributed by atoms with Gasteiger partial charge in [-0.1, -0.05) is 18.2 Å². The second kappa shape index (κ2) is 3.22. The van der Waals surface area contributed by atoms with Crippen LogP contribution in [0.1, 0.15) is 11.1 Å². The van der Waals surface area contributed by atoms with Crippen LogP contribution in [0.5, 0.6) is 5.75 Å². The van der Waals surface area contributed by atoms with Crippen LogP contribution < -0.4 is 4.84 Å². The van der Waals surface area contributed by atoms with Gasteiger partial charge in [-0.2, -0.15) is 0 Å². The molecule has 68 valence electrons.